The summed E-state index contributed by atoms with van der Waals surface area (Å²) < 4.78 is 0. The summed E-state index contributed by atoms with van der Waals surface area (Å²) in [6.45, 7) is 0. The van der Waals surface area contributed by atoms with Crippen LogP contribution in [0.15, 0.2) is 29.4 Å². The highest BCUT2D eigenvalue weighted by atomic mass is 32.2. The lowest BCUT2D eigenvalue weighted by atomic mass is 9.53. The second-order valence-electron chi connectivity index (χ2n) is 8.55. The minimum absolute atomic E-state index is 0.0784. The Morgan fingerprint density at radius 1 is 1.11 bits per heavy atom. The van der Waals surface area contributed by atoms with Gasteiger partial charge in [0.15, 0.2) is 5.16 Å². The van der Waals surface area contributed by atoms with E-state index in [1.807, 2.05) is 24.3 Å². The second kappa shape index (κ2) is 6.55. The first-order valence-electron chi connectivity index (χ1n) is 9.76. The molecule has 0 atom stereocenters. The third-order valence-corrected chi connectivity index (χ3v) is 7.25. The molecular weight excluding hydrogens is 360 g/mol. The lowest BCUT2D eigenvalue weighted by molar-refractivity contribution is -0.117. The summed E-state index contributed by atoms with van der Waals surface area (Å²) >= 11 is 1.31. The average molecular weight is 385 g/mol. The van der Waals surface area contributed by atoms with Crippen LogP contribution in [0.25, 0.3) is 11.0 Å². The summed E-state index contributed by atoms with van der Waals surface area (Å²) in [5, 5.41) is 6.37. The Morgan fingerprint density at radius 3 is 2.44 bits per heavy atom. The quantitative estimate of drug-likeness (QED) is 0.705. The van der Waals surface area contributed by atoms with Gasteiger partial charge in [0, 0.05) is 5.54 Å². The summed E-state index contributed by atoms with van der Waals surface area (Å²) in [5.41, 5.74) is 1.74. The minimum atomic E-state index is -0.341. The maximum absolute atomic E-state index is 12.4. The number of aromatic amines is 1. The van der Waals surface area contributed by atoms with Crippen molar-refractivity contribution in [3.8, 4) is 0 Å². The van der Waals surface area contributed by atoms with Crippen LogP contribution >= 0.6 is 11.8 Å². The average Bonchev–Trinajstić information content (AvgIpc) is 3.01. The molecule has 6 rings (SSSR count). The monoisotopic (exact) mass is 384 g/mol. The molecule has 1 heterocycles. The van der Waals surface area contributed by atoms with Crippen molar-refractivity contribution in [1.82, 2.24) is 20.6 Å². The Hall–Kier alpha value is -2.02. The van der Waals surface area contributed by atoms with E-state index in [-0.39, 0.29) is 23.2 Å². The van der Waals surface area contributed by atoms with E-state index in [4.69, 9.17) is 0 Å². The van der Waals surface area contributed by atoms with E-state index < -0.39 is 0 Å². The zero-order valence-corrected chi connectivity index (χ0v) is 16.0. The molecule has 1 aromatic carbocycles. The molecule has 0 aliphatic heterocycles. The number of fused-ring (bicyclic) bond motifs is 1. The van der Waals surface area contributed by atoms with Gasteiger partial charge in [-0.1, -0.05) is 23.9 Å². The van der Waals surface area contributed by atoms with Gasteiger partial charge >= 0.3 is 6.03 Å². The number of imidazole rings is 1. The Bertz CT molecular complexity index is 825. The molecule has 2 aromatic rings. The van der Waals surface area contributed by atoms with Crippen molar-refractivity contribution in [2.45, 2.75) is 49.2 Å². The van der Waals surface area contributed by atoms with E-state index in [0.29, 0.717) is 5.16 Å². The molecule has 142 valence electrons. The normalized spacial score (nSPS) is 31.2. The lowest BCUT2D eigenvalue weighted by Gasteiger charge is -2.56. The van der Waals surface area contributed by atoms with Crippen LogP contribution < -0.4 is 10.6 Å². The SMILES string of the molecule is O=C(CSc1nc2ccccc2[nH]1)NC(=O)NC12CC3CC(CC(C3)C1)C2. The summed E-state index contributed by atoms with van der Waals surface area (Å²) in [7, 11) is 0. The molecule has 0 unspecified atom stereocenters. The fourth-order valence-corrected chi connectivity index (χ4v) is 6.52. The molecule has 4 bridgehead atoms. The molecule has 27 heavy (non-hydrogen) atoms. The highest BCUT2D eigenvalue weighted by Gasteiger charge is 2.51. The number of H-pyrrole nitrogens is 1. The molecule has 0 saturated heterocycles. The third kappa shape index (κ3) is 3.45. The Balaban J connectivity index is 1.15. The number of carbonyl (C=O) groups is 2. The molecule has 4 fully saturated rings. The number of benzene rings is 1. The molecule has 7 heteroatoms. The Kier molecular flexibility index (Phi) is 4.15. The van der Waals surface area contributed by atoms with Gasteiger partial charge in [-0.05, 0) is 68.4 Å². The fourth-order valence-electron chi connectivity index (χ4n) is 5.83. The van der Waals surface area contributed by atoms with E-state index in [1.165, 1.54) is 31.0 Å². The van der Waals surface area contributed by atoms with Gasteiger partial charge in [0.05, 0.1) is 16.8 Å². The van der Waals surface area contributed by atoms with Crippen molar-refractivity contribution < 1.29 is 9.59 Å². The van der Waals surface area contributed by atoms with Gasteiger partial charge in [0.25, 0.3) is 0 Å². The minimum Gasteiger partial charge on any atom is -0.333 e. The molecule has 4 saturated carbocycles. The maximum Gasteiger partial charge on any atom is 0.321 e. The van der Waals surface area contributed by atoms with Crippen LogP contribution in [-0.2, 0) is 4.79 Å². The number of hydrogen-bond acceptors (Lipinski definition) is 4. The first-order chi connectivity index (χ1) is 13.1. The van der Waals surface area contributed by atoms with Crippen LogP contribution in [0, 0.1) is 17.8 Å². The number of nitrogens with zero attached hydrogens (tertiary/aromatic N) is 1. The molecule has 1 aromatic heterocycles. The number of amides is 3. The number of urea groups is 1. The maximum atomic E-state index is 12.4. The van der Waals surface area contributed by atoms with Gasteiger partial charge in [-0.25, -0.2) is 9.78 Å². The van der Waals surface area contributed by atoms with Gasteiger partial charge < -0.3 is 10.3 Å². The predicted octanol–water partition coefficient (Wildman–Crippen LogP) is 3.45. The second-order valence-corrected chi connectivity index (χ2v) is 9.51. The number of carbonyl (C=O) groups excluding carboxylic acids is 2. The molecule has 6 nitrogen and oxygen atoms in total. The molecule has 4 aliphatic rings. The van der Waals surface area contributed by atoms with E-state index in [2.05, 4.69) is 20.6 Å². The molecular formula is C20H24N4O2S. The van der Waals surface area contributed by atoms with Gasteiger partial charge in [0.1, 0.15) is 0 Å². The van der Waals surface area contributed by atoms with Gasteiger partial charge in [-0.2, -0.15) is 0 Å². The molecule has 0 radical (unpaired) electrons. The van der Waals surface area contributed by atoms with E-state index in [9.17, 15) is 9.59 Å². The molecule has 3 N–H and O–H groups in total. The molecule has 3 amide bonds. The lowest BCUT2D eigenvalue weighted by Crippen LogP contribution is -2.61. The zero-order valence-electron chi connectivity index (χ0n) is 15.2. The number of rotatable bonds is 4. The van der Waals surface area contributed by atoms with Crippen molar-refractivity contribution in [3.63, 3.8) is 0 Å². The Morgan fingerprint density at radius 2 is 1.78 bits per heavy atom. The first kappa shape index (κ1) is 17.1. The summed E-state index contributed by atoms with van der Waals surface area (Å²) in [6, 6.07) is 7.41. The van der Waals surface area contributed by atoms with Crippen LogP contribution in [0.3, 0.4) is 0 Å². The smallest absolute Gasteiger partial charge is 0.321 e. The summed E-state index contributed by atoms with van der Waals surface area (Å²) in [5.74, 6) is 2.15. The zero-order chi connectivity index (χ0) is 18.4. The van der Waals surface area contributed by atoms with Crippen molar-refractivity contribution in [2.24, 2.45) is 17.8 Å². The standard InChI is InChI=1S/C20H24N4O2S/c25-17(11-27-19-21-15-3-1-2-4-16(15)22-19)23-18(26)24-20-8-12-5-13(9-20)7-14(6-12)10-20/h1-4,12-14H,5-11H2,(H,21,22)(H2,23,24,25,26). The number of nitrogens with one attached hydrogen (secondary N) is 3. The van der Waals surface area contributed by atoms with E-state index >= 15 is 0 Å². The Labute approximate surface area is 162 Å². The van der Waals surface area contributed by atoms with E-state index in [1.54, 1.807) is 0 Å². The van der Waals surface area contributed by atoms with Crippen LogP contribution in [0.1, 0.15) is 38.5 Å². The molecule has 0 spiro atoms. The molecule has 4 aliphatic carbocycles. The number of aromatic nitrogens is 2. The van der Waals surface area contributed by atoms with Crippen LogP contribution in [-0.4, -0.2) is 33.2 Å². The van der Waals surface area contributed by atoms with Gasteiger partial charge in [0.2, 0.25) is 5.91 Å². The van der Waals surface area contributed by atoms with E-state index in [0.717, 1.165) is 48.0 Å². The highest BCUT2D eigenvalue weighted by Crippen LogP contribution is 2.55. The number of hydrogen-bond donors (Lipinski definition) is 3. The summed E-state index contributed by atoms with van der Waals surface area (Å²) in [4.78, 5) is 32.2. The summed E-state index contributed by atoms with van der Waals surface area (Å²) in [6.07, 6.45) is 7.22. The number of thioether (sulfide) groups is 1. The first-order valence-corrected chi connectivity index (χ1v) is 10.7. The van der Waals surface area contributed by atoms with Gasteiger partial charge in [-0.3, -0.25) is 10.1 Å². The van der Waals surface area contributed by atoms with Gasteiger partial charge in [-0.15, -0.1) is 0 Å². The van der Waals surface area contributed by atoms with Crippen LogP contribution in [0.2, 0.25) is 0 Å². The van der Waals surface area contributed by atoms with Crippen molar-refractivity contribution >= 4 is 34.7 Å². The topological polar surface area (TPSA) is 86.9 Å². The van der Waals surface area contributed by atoms with Crippen molar-refractivity contribution in [3.05, 3.63) is 24.3 Å². The van der Waals surface area contributed by atoms with Crippen LogP contribution in [0.5, 0.6) is 0 Å². The number of para-hydroxylation sites is 2. The highest BCUT2D eigenvalue weighted by molar-refractivity contribution is 7.99. The van der Waals surface area contributed by atoms with Crippen LogP contribution in [0.4, 0.5) is 4.79 Å². The third-order valence-electron chi connectivity index (χ3n) is 6.38. The number of imide groups is 1. The fraction of sp³-hybridized carbons (Fsp3) is 0.550. The largest absolute Gasteiger partial charge is 0.333 e. The van der Waals surface area contributed by atoms with Crippen molar-refractivity contribution in [2.75, 3.05) is 5.75 Å². The predicted molar refractivity (Wildman–Crippen MR) is 104 cm³/mol. The van der Waals surface area contributed by atoms with Crippen molar-refractivity contribution in [1.29, 1.82) is 0 Å².